The molecular weight excluding hydrogens is 324 g/mol. The highest BCUT2D eigenvalue weighted by Crippen LogP contribution is 2.24. The summed E-state index contributed by atoms with van der Waals surface area (Å²) in [6.07, 6.45) is 5.30. The van der Waals surface area contributed by atoms with E-state index in [-0.39, 0.29) is 17.2 Å². The molecule has 0 aromatic carbocycles. The van der Waals surface area contributed by atoms with Gasteiger partial charge >= 0.3 is 0 Å². The Bertz CT molecular complexity index is 724. The summed E-state index contributed by atoms with van der Waals surface area (Å²) in [6.45, 7) is 4.72. The fraction of sp³-hybridized carbons (Fsp3) is 0.538. The van der Waals surface area contributed by atoms with E-state index in [0.717, 1.165) is 0 Å². The Kier molecular flexibility index (Phi) is 4.20. The van der Waals surface area contributed by atoms with Crippen molar-refractivity contribution in [1.82, 2.24) is 18.8 Å². The van der Waals surface area contributed by atoms with Gasteiger partial charge in [0, 0.05) is 30.4 Å². The first-order valence-corrected chi connectivity index (χ1v) is 9.38. The lowest BCUT2D eigenvalue weighted by Crippen LogP contribution is -2.31. The molecule has 120 valence electrons. The fourth-order valence-electron chi connectivity index (χ4n) is 2.29. The van der Waals surface area contributed by atoms with E-state index in [1.807, 2.05) is 19.2 Å². The first-order valence-electron chi connectivity index (χ1n) is 7.06. The molecule has 1 fully saturated rings. The number of sulfonamides is 1. The minimum absolute atomic E-state index is 0.0936. The third-order valence-electron chi connectivity index (χ3n) is 3.56. The lowest BCUT2D eigenvalue weighted by Gasteiger charge is -2.15. The van der Waals surface area contributed by atoms with Crippen LogP contribution in [0.3, 0.4) is 0 Å². The molecule has 2 aromatic heterocycles. The molecule has 1 aliphatic rings. The fourth-order valence-corrected chi connectivity index (χ4v) is 4.25. The summed E-state index contributed by atoms with van der Waals surface area (Å²) >= 11 is 1.40. The van der Waals surface area contributed by atoms with E-state index in [4.69, 9.17) is 4.74 Å². The molecule has 1 saturated heterocycles. The van der Waals surface area contributed by atoms with Gasteiger partial charge in [-0.2, -0.15) is 4.31 Å². The van der Waals surface area contributed by atoms with Crippen molar-refractivity contribution in [1.29, 1.82) is 0 Å². The molecule has 1 atom stereocenters. The minimum atomic E-state index is -3.56. The quantitative estimate of drug-likeness (QED) is 0.827. The van der Waals surface area contributed by atoms with E-state index in [1.54, 1.807) is 23.3 Å². The molecule has 3 rings (SSSR count). The summed E-state index contributed by atoms with van der Waals surface area (Å²) < 4.78 is 34.1. The zero-order valence-corrected chi connectivity index (χ0v) is 14.0. The summed E-state index contributed by atoms with van der Waals surface area (Å²) in [5.74, 6) is 0. The molecule has 1 unspecified atom stereocenters. The van der Waals surface area contributed by atoms with E-state index >= 15 is 0 Å². The van der Waals surface area contributed by atoms with Gasteiger partial charge in [-0.25, -0.2) is 18.4 Å². The number of ether oxygens (including phenoxy) is 1. The van der Waals surface area contributed by atoms with Crippen LogP contribution >= 0.6 is 11.3 Å². The molecule has 0 N–H and O–H groups in total. The maximum Gasteiger partial charge on any atom is 0.273 e. The van der Waals surface area contributed by atoms with E-state index in [0.29, 0.717) is 24.7 Å². The molecule has 7 nitrogen and oxygen atoms in total. The maximum atomic E-state index is 12.6. The molecule has 22 heavy (non-hydrogen) atoms. The van der Waals surface area contributed by atoms with E-state index in [2.05, 4.69) is 9.97 Å². The highest BCUT2D eigenvalue weighted by molar-refractivity contribution is 7.89. The molecular formula is C13H18N4O3S2. The SMILES string of the molecule is CC(C)n1cnc(S(=O)(=O)N2CCC(Oc3nccs3)C2)c1. The number of thiazole rings is 1. The molecule has 0 spiro atoms. The molecule has 2 aromatic rings. The molecule has 0 radical (unpaired) electrons. The summed E-state index contributed by atoms with van der Waals surface area (Å²) in [7, 11) is -3.56. The number of rotatable bonds is 5. The second-order valence-electron chi connectivity index (χ2n) is 5.44. The van der Waals surface area contributed by atoms with E-state index < -0.39 is 10.0 Å². The molecule has 0 bridgehead atoms. The van der Waals surface area contributed by atoms with Crippen LogP contribution in [0.5, 0.6) is 5.19 Å². The normalized spacial score (nSPS) is 19.9. The van der Waals surface area contributed by atoms with Crippen molar-refractivity contribution < 1.29 is 13.2 Å². The van der Waals surface area contributed by atoms with Crippen molar-refractivity contribution in [2.24, 2.45) is 0 Å². The average molecular weight is 342 g/mol. The van der Waals surface area contributed by atoms with Crippen LogP contribution in [-0.4, -0.2) is 46.5 Å². The van der Waals surface area contributed by atoms with Gasteiger partial charge in [-0.1, -0.05) is 11.3 Å². The summed E-state index contributed by atoms with van der Waals surface area (Å²) in [5.41, 5.74) is 0. The summed E-state index contributed by atoms with van der Waals surface area (Å²) in [5, 5.41) is 2.50. The lowest BCUT2D eigenvalue weighted by atomic mass is 10.3. The molecule has 0 aliphatic carbocycles. The van der Waals surface area contributed by atoms with Gasteiger partial charge in [0.2, 0.25) is 0 Å². The largest absolute Gasteiger partial charge is 0.465 e. The van der Waals surface area contributed by atoms with Gasteiger partial charge in [0.1, 0.15) is 6.10 Å². The predicted molar refractivity (Wildman–Crippen MR) is 82.5 cm³/mol. The van der Waals surface area contributed by atoms with Crippen molar-refractivity contribution in [2.45, 2.75) is 37.4 Å². The molecule has 1 aliphatic heterocycles. The number of nitrogens with zero attached hydrogens (tertiary/aromatic N) is 4. The monoisotopic (exact) mass is 342 g/mol. The smallest absolute Gasteiger partial charge is 0.273 e. The number of hydrogen-bond acceptors (Lipinski definition) is 6. The molecule has 0 saturated carbocycles. The van der Waals surface area contributed by atoms with Crippen LogP contribution in [0.25, 0.3) is 0 Å². The third kappa shape index (κ3) is 3.01. The Morgan fingerprint density at radius 1 is 1.41 bits per heavy atom. The van der Waals surface area contributed by atoms with Gasteiger partial charge in [0.15, 0.2) is 5.03 Å². The van der Waals surface area contributed by atoms with Gasteiger partial charge in [-0.05, 0) is 20.3 Å². The van der Waals surface area contributed by atoms with Crippen LogP contribution in [-0.2, 0) is 10.0 Å². The van der Waals surface area contributed by atoms with Crippen molar-refractivity contribution in [3.8, 4) is 5.19 Å². The third-order valence-corrected chi connectivity index (χ3v) is 5.98. The summed E-state index contributed by atoms with van der Waals surface area (Å²) in [4.78, 5) is 8.10. The Labute approximate surface area is 133 Å². The van der Waals surface area contributed by atoms with Crippen molar-refractivity contribution >= 4 is 21.4 Å². The number of hydrogen-bond donors (Lipinski definition) is 0. The van der Waals surface area contributed by atoms with Gasteiger partial charge in [0.25, 0.3) is 15.2 Å². The molecule has 0 amide bonds. The van der Waals surface area contributed by atoms with Crippen LogP contribution in [0.2, 0.25) is 0 Å². The minimum Gasteiger partial charge on any atom is -0.465 e. The van der Waals surface area contributed by atoms with Gasteiger partial charge < -0.3 is 9.30 Å². The zero-order chi connectivity index (χ0) is 15.7. The maximum absolute atomic E-state index is 12.6. The van der Waals surface area contributed by atoms with E-state index in [1.165, 1.54) is 15.6 Å². The first kappa shape index (κ1) is 15.4. The second kappa shape index (κ2) is 5.98. The Morgan fingerprint density at radius 3 is 2.86 bits per heavy atom. The van der Waals surface area contributed by atoms with Crippen LogP contribution in [0.4, 0.5) is 0 Å². The Balaban J connectivity index is 1.70. The van der Waals surface area contributed by atoms with Crippen LogP contribution < -0.4 is 4.74 Å². The number of aromatic nitrogens is 3. The van der Waals surface area contributed by atoms with Gasteiger partial charge in [-0.15, -0.1) is 0 Å². The first-order chi connectivity index (χ1) is 10.5. The highest BCUT2D eigenvalue weighted by atomic mass is 32.2. The second-order valence-corrected chi connectivity index (χ2v) is 8.18. The standard InChI is InChI=1S/C13H18N4O3S2/c1-10(2)16-8-12(15-9-16)22(18,19)17-5-3-11(7-17)20-13-14-4-6-21-13/h4,6,8-11H,3,5,7H2,1-2H3. The Morgan fingerprint density at radius 2 is 2.23 bits per heavy atom. The Hall–Kier alpha value is -1.45. The topological polar surface area (TPSA) is 77.3 Å². The van der Waals surface area contributed by atoms with Crippen molar-refractivity contribution in [2.75, 3.05) is 13.1 Å². The van der Waals surface area contributed by atoms with Crippen LogP contribution in [0, 0.1) is 0 Å². The summed E-state index contributed by atoms with van der Waals surface area (Å²) in [6, 6.07) is 0.177. The van der Waals surface area contributed by atoms with Gasteiger partial charge in [0.05, 0.1) is 12.9 Å². The number of imidazole rings is 1. The zero-order valence-electron chi connectivity index (χ0n) is 12.4. The van der Waals surface area contributed by atoms with Crippen LogP contribution in [0.15, 0.2) is 29.1 Å². The molecule has 9 heteroatoms. The lowest BCUT2D eigenvalue weighted by molar-refractivity contribution is 0.214. The van der Waals surface area contributed by atoms with Crippen LogP contribution in [0.1, 0.15) is 26.3 Å². The van der Waals surface area contributed by atoms with Gasteiger partial charge in [-0.3, -0.25) is 0 Å². The highest BCUT2D eigenvalue weighted by Gasteiger charge is 2.35. The van der Waals surface area contributed by atoms with Crippen molar-refractivity contribution in [3.05, 3.63) is 24.1 Å². The predicted octanol–water partition coefficient (Wildman–Crippen LogP) is 1.76. The van der Waals surface area contributed by atoms with E-state index in [9.17, 15) is 8.42 Å². The van der Waals surface area contributed by atoms with Crippen molar-refractivity contribution in [3.63, 3.8) is 0 Å². The molecule has 3 heterocycles. The average Bonchev–Trinajstić information content (AvgIpc) is 3.20.